The smallest absolute Gasteiger partial charge is 0.252 e. The first-order chi connectivity index (χ1) is 17.5. The van der Waals surface area contributed by atoms with Gasteiger partial charge in [0, 0.05) is 41.1 Å². The van der Waals surface area contributed by atoms with Gasteiger partial charge in [-0.05, 0) is 36.4 Å². The molecule has 184 valence electrons. The fourth-order valence-corrected chi connectivity index (χ4v) is 4.55. The lowest BCUT2D eigenvalue weighted by molar-refractivity contribution is 0.0942. The number of nitrogens with zero attached hydrogens (tertiary/aromatic N) is 3. The molecule has 10 heteroatoms. The molecule has 0 saturated carbocycles. The van der Waals surface area contributed by atoms with Crippen molar-refractivity contribution < 1.29 is 14.3 Å². The van der Waals surface area contributed by atoms with E-state index < -0.39 is 12.0 Å². The molecule has 3 aromatic rings. The molecule has 1 saturated heterocycles. The number of aromatic nitrogens is 3. The summed E-state index contributed by atoms with van der Waals surface area (Å²) in [7, 11) is 0. The number of benzene rings is 1. The van der Waals surface area contributed by atoms with E-state index in [-0.39, 0.29) is 12.0 Å². The van der Waals surface area contributed by atoms with Gasteiger partial charge in [0.2, 0.25) is 0 Å². The molecule has 2 atom stereocenters. The number of rotatable bonds is 11. The average Bonchev–Trinajstić information content (AvgIpc) is 3.61. The summed E-state index contributed by atoms with van der Waals surface area (Å²) in [5.41, 5.74) is 2.27. The summed E-state index contributed by atoms with van der Waals surface area (Å²) >= 11 is 1.37. The molecule has 36 heavy (non-hydrogen) atoms. The lowest BCUT2D eigenvalue weighted by Crippen LogP contribution is -2.28. The maximum atomic E-state index is 13.3. The number of carbonyl (C=O) groups excluding carboxylic acids is 1. The second-order valence-corrected chi connectivity index (χ2v) is 9.11. The second-order valence-electron chi connectivity index (χ2n) is 8.05. The van der Waals surface area contributed by atoms with E-state index in [4.69, 9.17) is 20.3 Å². The average molecular weight is 503 g/mol. The van der Waals surface area contributed by atoms with Gasteiger partial charge in [-0.3, -0.25) is 4.79 Å². The molecule has 9 nitrogen and oxygen atoms in total. The van der Waals surface area contributed by atoms with Gasteiger partial charge in [0.1, 0.15) is 16.9 Å². The van der Waals surface area contributed by atoms with Crippen molar-refractivity contribution in [3.63, 3.8) is 0 Å². The minimum atomic E-state index is -0.549. The van der Waals surface area contributed by atoms with Crippen LogP contribution in [0.15, 0.2) is 55.8 Å². The molecular formula is C26H26N6O3S. The molecule has 0 aliphatic carbocycles. The number of hydrogen-bond acceptors (Lipinski definition) is 9. The summed E-state index contributed by atoms with van der Waals surface area (Å²) < 4.78 is 11.5. The van der Waals surface area contributed by atoms with E-state index in [1.807, 2.05) is 6.07 Å². The van der Waals surface area contributed by atoms with Gasteiger partial charge in [-0.2, -0.15) is 10.2 Å². The third-order valence-electron chi connectivity index (χ3n) is 5.57. The predicted octanol–water partition coefficient (Wildman–Crippen LogP) is 4.45. The highest BCUT2D eigenvalue weighted by atomic mass is 32.1. The van der Waals surface area contributed by atoms with Crippen LogP contribution < -0.4 is 10.1 Å². The van der Waals surface area contributed by atoms with Crippen LogP contribution in [0.2, 0.25) is 0 Å². The third-order valence-corrected chi connectivity index (χ3v) is 6.72. The summed E-state index contributed by atoms with van der Waals surface area (Å²) in [5, 5.41) is 26.9. The normalized spacial score (nSPS) is 16.5. The van der Waals surface area contributed by atoms with Crippen LogP contribution in [0, 0.1) is 10.8 Å². The summed E-state index contributed by atoms with van der Waals surface area (Å²) in [4.78, 5) is 18.6. The van der Waals surface area contributed by atoms with Crippen LogP contribution in [-0.2, 0) is 4.74 Å². The molecular weight excluding hydrogens is 476 g/mol. The molecule has 2 aromatic heterocycles. The molecule has 0 spiro atoms. The molecule has 3 N–H and O–H groups in total. The van der Waals surface area contributed by atoms with Crippen molar-refractivity contribution >= 4 is 35.7 Å². The van der Waals surface area contributed by atoms with Crippen molar-refractivity contribution in [2.24, 2.45) is 0 Å². The molecule has 3 heterocycles. The fraction of sp³-hybridized carbons (Fsp3) is 0.231. The van der Waals surface area contributed by atoms with Crippen molar-refractivity contribution in [3.05, 3.63) is 77.6 Å². The highest BCUT2D eigenvalue weighted by Crippen LogP contribution is 2.33. The van der Waals surface area contributed by atoms with Gasteiger partial charge in [-0.25, -0.2) is 4.98 Å². The topological polar surface area (TPSA) is 134 Å². The van der Waals surface area contributed by atoms with Crippen molar-refractivity contribution in [2.45, 2.75) is 24.5 Å². The van der Waals surface area contributed by atoms with E-state index in [2.05, 4.69) is 33.7 Å². The Bertz CT molecular complexity index is 1260. The van der Waals surface area contributed by atoms with Gasteiger partial charge in [0.05, 0.1) is 36.6 Å². The predicted molar refractivity (Wildman–Crippen MR) is 140 cm³/mol. The van der Waals surface area contributed by atoms with E-state index >= 15 is 0 Å². The Morgan fingerprint density at radius 1 is 1.22 bits per heavy atom. The van der Waals surface area contributed by atoms with Crippen molar-refractivity contribution in [1.29, 1.82) is 10.8 Å². The van der Waals surface area contributed by atoms with Gasteiger partial charge in [0.15, 0.2) is 0 Å². The van der Waals surface area contributed by atoms with Crippen LogP contribution in [0.25, 0.3) is 16.6 Å². The van der Waals surface area contributed by atoms with Gasteiger partial charge in [0.25, 0.3) is 5.91 Å². The lowest BCUT2D eigenvalue weighted by Gasteiger charge is -2.17. The Labute approximate surface area is 212 Å². The number of ether oxygens (including phenoxy) is 2. The first kappa shape index (κ1) is 25.1. The fourth-order valence-electron chi connectivity index (χ4n) is 3.61. The van der Waals surface area contributed by atoms with Crippen LogP contribution in [0.4, 0.5) is 0 Å². The van der Waals surface area contributed by atoms with E-state index in [0.717, 1.165) is 11.3 Å². The summed E-state index contributed by atoms with van der Waals surface area (Å²) in [6.07, 6.45) is 7.91. The molecule has 1 amide bonds. The molecule has 1 aliphatic heterocycles. The van der Waals surface area contributed by atoms with Crippen LogP contribution in [0.5, 0.6) is 5.75 Å². The number of thiazole rings is 1. The maximum Gasteiger partial charge on any atom is 0.252 e. The minimum Gasteiger partial charge on any atom is -0.488 e. The van der Waals surface area contributed by atoms with Gasteiger partial charge >= 0.3 is 0 Å². The first-order valence-corrected chi connectivity index (χ1v) is 12.1. The lowest BCUT2D eigenvalue weighted by atomic mass is 10.1. The zero-order valence-electron chi connectivity index (χ0n) is 19.5. The Morgan fingerprint density at radius 2 is 2.06 bits per heavy atom. The molecule has 1 aliphatic rings. The van der Waals surface area contributed by atoms with Gasteiger partial charge in [-0.1, -0.05) is 12.7 Å². The number of nitrogens with one attached hydrogen (secondary N) is 3. The number of amides is 1. The van der Waals surface area contributed by atoms with Crippen LogP contribution >= 0.6 is 11.3 Å². The molecule has 0 bridgehead atoms. The van der Waals surface area contributed by atoms with E-state index in [1.165, 1.54) is 23.8 Å². The third kappa shape index (κ3) is 5.78. The molecule has 1 aromatic carbocycles. The molecule has 1 fully saturated rings. The van der Waals surface area contributed by atoms with Crippen molar-refractivity contribution in [2.75, 3.05) is 13.2 Å². The Kier molecular flexibility index (Phi) is 8.09. The maximum absolute atomic E-state index is 13.3. The Morgan fingerprint density at radius 3 is 2.69 bits per heavy atom. The van der Waals surface area contributed by atoms with Crippen molar-refractivity contribution in [1.82, 2.24) is 20.5 Å². The standard InChI is InChI=1S/C26H26N6O3S/c1-3-19-5-6-23(32-31-19)22(4-2)30-25(33)16-9-17(11-21(10-16)35-20-7-8-34-15-20)26-29-14-24(36-26)18(12-27)13-28/h3-6,9-14,18,20,22,27-28H,1-2,7-8,15H2,(H,30,33)/t18?,20-,22+/m0/s1. The Balaban J connectivity index is 1.64. The SMILES string of the molecule is C=Cc1ccc([C@@H](C=C)NC(=O)c2cc(O[C@H]3CCOC3)cc(-c3ncc(C(C=N)C=N)s3)c2)nn1. The van der Waals surface area contributed by atoms with Crippen LogP contribution in [0.3, 0.4) is 0 Å². The largest absolute Gasteiger partial charge is 0.488 e. The second kappa shape index (κ2) is 11.6. The molecule has 0 unspecified atom stereocenters. The van der Waals surface area contributed by atoms with E-state index in [1.54, 1.807) is 42.6 Å². The zero-order chi connectivity index (χ0) is 25.5. The Hall–Kier alpha value is -4.02. The van der Waals surface area contributed by atoms with Crippen LogP contribution in [-0.4, -0.2) is 52.8 Å². The summed E-state index contributed by atoms with van der Waals surface area (Å²) in [6, 6.07) is 8.26. The van der Waals surface area contributed by atoms with Crippen LogP contribution in [0.1, 0.15) is 45.0 Å². The van der Waals surface area contributed by atoms with Crippen molar-refractivity contribution in [3.8, 4) is 16.3 Å². The van der Waals surface area contributed by atoms with E-state index in [9.17, 15) is 4.79 Å². The van der Waals surface area contributed by atoms with Gasteiger partial charge < -0.3 is 25.6 Å². The highest BCUT2D eigenvalue weighted by Gasteiger charge is 2.21. The molecule has 4 rings (SSSR count). The monoisotopic (exact) mass is 502 g/mol. The minimum absolute atomic E-state index is 0.0946. The summed E-state index contributed by atoms with van der Waals surface area (Å²) in [6.45, 7) is 8.63. The zero-order valence-corrected chi connectivity index (χ0v) is 20.3. The van der Waals surface area contributed by atoms with E-state index in [0.29, 0.717) is 46.5 Å². The highest BCUT2D eigenvalue weighted by molar-refractivity contribution is 7.15. The first-order valence-electron chi connectivity index (χ1n) is 11.3. The number of hydrogen-bond donors (Lipinski definition) is 3. The van der Waals surface area contributed by atoms with Gasteiger partial charge in [-0.15, -0.1) is 17.9 Å². The summed E-state index contributed by atoms with van der Waals surface area (Å²) in [5.74, 6) is -0.237. The quantitative estimate of drug-likeness (QED) is 0.262. The number of carbonyl (C=O) groups is 1. The molecule has 0 radical (unpaired) electrons.